The van der Waals surface area contributed by atoms with Crippen LogP contribution in [-0.2, 0) is 17.8 Å². The fraction of sp³-hybridized carbons (Fsp3) is 0.350. The number of nitrogens with one attached hydrogen (secondary N) is 1. The van der Waals surface area contributed by atoms with E-state index in [1.807, 2.05) is 32.0 Å². The maximum atomic E-state index is 12.6. The standard InChI is InChI=1S/C20H21N3O4S/c1-12-13(2)28-19-18(12)20(25)23(10-22-19)8-6-17(24)21-7-5-14-3-4-15-16(9-14)27-11-26-15/h3-4,9-10H,5-8,11H2,1-2H3,(H,21,24). The highest BCUT2D eigenvalue weighted by molar-refractivity contribution is 7.18. The Labute approximate surface area is 165 Å². The molecule has 0 aliphatic carbocycles. The number of carbonyl (C=O) groups excluding carboxylic acids is 1. The average Bonchev–Trinajstić information content (AvgIpc) is 3.25. The lowest BCUT2D eigenvalue weighted by molar-refractivity contribution is -0.121. The minimum Gasteiger partial charge on any atom is -0.454 e. The number of amides is 1. The number of carbonyl (C=O) groups is 1. The predicted octanol–water partition coefficient (Wildman–Crippen LogP) is 2.55. The van der Waals surface area contributed by atoms with Crippen LogP contribution in [0.1, 0.15) is 22.4 Å². The van der Waals surface area contributed by atoms with Gasteiger partial charge in [0.05, 0.1) is 11.7 Å². The fourth-order valence-electron chi connectivity index (χ4n) is 3.18. The lowest BCUT2D eigenvalue weighted by atomic mass is 10.1. The second-order valence-corrected chi connectivity index (χ2v) is 7.95. The molecule has 146 valence electrons. The summed E-state index contributed by atoms with van der Waals surface area (Å²) in [5, 5.41) is 3.56. The van der Waals surface area contributed by atoms with Crippen molar-refractivity contribution >= 4 is 27.5 Å². The van der Waals surface area contributed by atoms with E-state index in [4.69, 9.17) is 9.47 Å². The molecule has 1 aliphatic rings. The molecule has 2 aromatic heterocycles. The van der Waals surface area contributed by atoms with Gasteiger partial charge in [0.1, 0.15) is 4.83 Å². The predicted molar refractivity (Wildman–Crippen MR) is 107 cm³/mol. The third-order valence-corrected chi connectivity index (χ3v) is 6.02. The molecule has 1 aliphatic heterocycles. The first-order valence-corrected chi connectivity index (χ1v) is 9.95. The number of hydrogen-bond acceptors (Lipinski definition) is 6. The fourth-order valence-corrected chi connectivity index (χ4v) is 4.17. The Balaban J connectivity index is 1.31. The topological polar surface area (TPSA) is 82.5 Å². The second kappa shape index (κ2) is 7.63. The largest absolute Gasteiger partial charge is 0.454 e. The number of ether oxygens (including phenoxy) is 2. The van der Waals surface area contributed by atoms with E-state index in [1.54, 1.807) is 0 Å². The van der Waals surface area contributed by atoms with E-state index in [-0.39, 0.29) is 24.7 Å². The van der Waals surface area contributed by atoms with Crippen molar-refractivity contribution in [3.05, 3.63) is 50.9 Å². The van der Waals surface area contributed by atoms with Crippen LogP contribution in [0.4, 0.5) is 0 Å². The van der Waals surface area contributed by atoms with E-state index in [0.717, 1.165) is 32.3 Å². The lowest BCUT2D eigenvalue weighted by Crippen LogP contribution is -2.29. The van der Waals surface area contributed by atoms with Crippen LogP contribution in [0.5, 0.6) is 11.5 Å². The van der Waals surface area contributed by atoms with E-state index >= 15 is 0 Å². The van der Waals surface area contributed by atoms with Gasteiger partial charge >= 0.3 is 0 Å². The summed E-state index contributed by atoms with van der Waals surface area (Å²) in [5.41, 5.74) is 1.96. The first-order valence-electron chi connectivity index (χ1n) is 9.13. The molecule has 7 nitrogen and oxygen atoms in total. The number of benzene rings is 1. The lowest BCUT2D eigenvalue weighted by Gasteiger charge is -2.08. The molecular formula is C20H21N3O4S. The SMILES string of the molecule is Cc1sc2ncn(CCC(=O)NCCc3ccc4c(c3)OCO4)c(=O)c2c1C. The van der Waals surface area contributed by atoms with Crippen LogP contribution in [0.3, 0.4) is 0 Å². The molecule has 1 N–H and O–H groups in total. The number of thiophene rings is 1. The van der Waals surface area contributed by atoms with Gasteiger partial charge in [-0.05, 0) is 43.5 Å². The van der Waals surface area contributed by atoms with Crippen LogP contribution in [0.25, 0.3) is 10.2 Å². The highest BCUT2D eigenvalue weighted by Crippen LogP contribution is 2.32. The summed E-state index contributed by atoms with van der Waals surface area (Å²) in [4.78, 5) is 31.0. The molecule has 28 heavy (non-hydrogen) atoms. The molecular weight excluding hydrogens is 378 g/mol. The third kappa shape index (κ3) is 3.60. The quantitative estimate of drug-likeness (QED) is 0.689. The van der Waals surface area contributed by atoms with Gasteiger partial charge in [-0.2, -0.15) is 0 Å². The summed E-state index contributed by atoms with van der Waals surface area (Å²) >= 11 is 1.52. The van der Waals surface area contributed by atoms with Gasteiger partial charge in [-0.1, -0.05) is 6.07 Å². The van der Waals surface area contributed by atoms with E-state index in [1.165, 1.54) is 22.2 Å². The number of aromatic nitrogens is 2. The highest BCUT2D eigenvalue weighted by Gasteiger charge is 2.14. The summed E-state index contributed by atoms with van der Waals surface area (Å²) in [6.45, 7) is 5.00. The van der Waals surface area contributed by atoms with E-state index < -0.39 is 0 Å². The van der Waals surface area contributed by atoms with Gasteiger partial charge in [0.15, 0.2) is 11.5 Å². The van der Waals surface area contributed by atoms with Crippen LogP contribution >= 0.6 is 11.3 Å². The summed E-state index contributed by atoms with van der Waals surface area (Å²) < 4.78 is 12.2. The Bertz CT molecular complexity index is 1100. The first-order chi connectivity index (χ1) is 13.5. The molecule has 0 atom stereocenters. The van der Waals surface area contributed by atoms with Crippen LogP contribution in [0.15, 0.2) is 29.3 Å². The zero-order chi connectivity index (χ0) is 19.7. The highest BCUT2D eigenvalue weighted by atomic mass is 32.1. The van der Waals surface area contributed by atoms with Crippen molar-refractivity contribution in [1.82, 2.24) is 14.9 Å². The first kappa shape index (κ1) is 18.5. The molecule has 3 heterocycles. The molecule has 4 rings (SSSR count). The molecule has 0 bridgehead atoms. The number of nitrogens with zero attached hydrogens (tertiary/aromatic N) is 2. The number of fused-ring (bicyclic) bond motifs is 2. The number of hydrogen-bond donors (Lipinski definition) is 1. The Kier molecular flexibility index (Phi) is 5.04. The molecule has 1 amide bonds. The summed E-state index contributed by atoms with van der Waals surface area (Å²) in [7, 11) is 0. The number of aryl methyl sites for hydroxylation is 3. The van der Waals surface area contributed by atoms with Crippen LogP contribution < -0.4 is 20.3 Å². The van der Waals surface area contributed by atoms with Gasteiger partial charge in [-0.3, -0.25) is 14.2 Å². The normalized spacial score (nSPS) is 12.5. The van der Waals surface area contributed by atoms with Gasteiger partial charge in [-0.25, -0.2) is 4.98 Å². The molecule has 0 radical (unpaired) electrons. The van der Waals surface area contributed by atoms with E-state index in [0.29, 0.717) is 24.9 Å². The molecule has 0 unspecified atom stereocenters. The molecule has 0 saturated heterocycles. The zero-order valence-electron chi connectivity index (χ0n) is 15.8. The molecule has 1 aromatic carbocycles. The van der Waals surface area contributed by atoms with Crippen LogP contribution in [0, 0.1) is 13.8 Å². The van der Waals surface area contributed by atoms with Crippen LogP contribution in [0.2, 0.25) is 0 Å². The van der Waals surface area contributed by atoms with Crippen molar-refractivity contribution in [2.24, 2.45) is 0 Å². The third-order valence-electron chi connectivity index (χ3n) is 4.91. The summed E-state index contributed by atoms with van der Waals surface area (Å²) in [5.74, 6) is 1.40. The van der Waals surface area contributed by atoms with Gasteiger partial charge in [0.25, 0.3) is 5.56 Å². The van der Waals surface area contributed by atoms with Crippen molar-refractivity contribution in [1.29, 1.82) is 0 Å². The van der Waals surface area contributed by atoms with Crippen LogP contribution in [-0.4, -0.2) is 28.8 Å². The molecule has 0 fully saturated rings. The summed E-state index contributed by atoms with van der Waals surface area (Å²) in [6.07, 6.45) is 2.46. The van der Waals surface area contributed by atoms with Crippen molar-refractivity contribution in [2.45, 2.75) is 33.2 Å². The van der Waals surface area contributed by atoms with Crippen molar-refractivity contribution in [2.75, 3.05) is 13.3 Å². The maximum absolute atomic E-state index is 12.6. The molecule has 0 spiro atoms. The Hall–Kier alpha value is -2.87. The molecule has 3 aromatic rings. The summed E-state index contributed by atoms with van der Waals surface area (Å²) in [6, 6.07) is 5.77. The van der Waals surface area contributed by atoms with Gasteiger partial charge in [0.2, 0.25) is 12.7 Å². The van der Waals surface area contributed by atoms with Crippen molar-refractivity contribution < 1.29 is 14.3 Å². The molecule has 0 saturated carbocycles. The van der Waals surface area contributed by atoms with Gasteiger partial charge < -0.3 is 14.8 Å². The minimum absolute atomic E-state index is 0.0833. The minimum atomic E-state index is -0.0917. The van der Waals surface area contributed by atoms with E-state index in [2.05, 4.69) is 10.3 Å². The Morgan fingerprint density at radius 2 is 2.11 bits per heavy atom. The van der Waals surface area contributed by atoms with Crippen molar-refractivity contribution in [3.63, 3.8) is 0 Å². The Morgan fingerprint density at radius 1 is 1.29 bits per heavy atom. The Morgan fingerprint density at radius 3 is 2.96 bits per heavy atom. The number of rotatable bonds is 6. The van der Waals surface area contributed by atoms with E-state index in [9.17, 15) is 9.59 Å². The van der Waals surface area contributed by atoms with Gasteiger partial charge in [0, 0.05) is 24.4 Å². The average molecular weight is 399 g/mol. The monoisotopic (exact) mass is 399 g/mol. The zero-order valence-corrected chi connectivity index (χ0v) is 16.6. The van der Waals surface area contributed by atoms with Crippen molar-refractivity contribution in [3.8, 4) is 11.5 Å². The smallest absolute Gasteiger partial charge is 0.262 e. The maximum Gasteiger partial charge on any atom is 0.262 e. The second-order valence-electron chi connectivity index (χ2n) is 6.74. The molecule has 8 heteroatoms. The van der Waals surface area contributed by atoms with Gasteiger partial charge in [-0.15, -0.1) is 11.3 Å².